The Kier molecular flexibility index (Phi) is 5.65. The van der Waals surface area contributed by atoms with Crippen molar-refractivity contribution in [3.05, 3.63) is 29.8 Å². The summed E-state index contributed by atoms with van der Waals surface area (Å²) in [5.74, 6) is 1.66. The van der Waals surface area contributed by atoms with E-state index in [2.05, 4.69) is 69.2 Å². The SMILES string of the molecule is CC(C)Oc1ccc(CN[C@H]2C[C@@H](C)N(C)C[C@@H]2C)cc1. The lowest BCUT2D eigenvalue weighted by Gasteiger charge is -2.40. The molecule has 0 spiro atoms. The molecule has 118 valence electrons. The van der Waals surface area contributed by atoms with Gasteiger partial charge in [-0.25, -0.2) is 0 Å². The highest BCUT2D eigenvalue weighted by Gasteiger charge is 2.28. The number of hydrogen-bond acceptors (Lipinski definition) is 3. The Hall–Kier alpha value is -1.06. The van der Waals surface area contributed by atoms with E-state index in [1.165, 1.54) is 18.5 Å². The molecule has 21 heavy (non-hydrogen) atoms. The molecular weight excluding hydrogens is 260 g/mol. The fraction of sp³-hybridized carbons (Fsp3) is 0.667. The van der Waals surface area contributed by atoms with Crippen LogP contribution in [0.25, 0.3) is 0 Å². The summed E-state index contributed by atoms with van der Waals surface area (Å²) in [5, 5.41) is 3.73. The number of piperidine rings is 1. The van der Waals surface area contributed by atoms with Crippen LogP contribution in [0.2, 0.25) is 0 Å². The fourth-order valence-corrected chi connectivity index (χ4v) is 3.03. The average molecular weight is 290 g/mol. The van der Waals surface area contributed by atoms with Gasteiger partial charge in [0.05, 0.1) is 6.10 Å². The summed E-state index contributed by atoms with van der Waals surface area (Å²) in [6.45, 7) is 10.9. The standard InChI is InChI=1S/C18H30N2O/c1-13(2)21-17-8-6-16(7-9-17)11-19-18-10-15(4)20(5)12-14(18)3/h6-9,13-15,18-19H,10-12H2,1-5H3/t14-,15+,18-/m0/s1. The van der Waals surface area contributed by atoms with Crippen LogP contribution in [0.4, 0.5) is 0 Å². The molecule has 1 heterocycles. The zero-order valence-corrected chi connectivity index (χ0v) is 14.1. The highest BCUT2D eigenvalue weighted by atomic mass is 16.5. The molecule has 0 amide bonds. The van der Waals surface area contributed by atoms with Gasteiger partial charge in [0, 0.05) is 25.2 Å². The van der Waals surface area contributed by atoms with E-state index in [4.69, 9.17) is 4.74 Å². The maximum absolute atomic E-state index is 5.68. The quantitative estimate of drug-likeness (QED) is 0.900. The van der Waals surface area contributed by atoms with Crippen molar-refractivity contribution in [2.24, 2.45) is 5.92 Å². The molecule has 0 saturated carbocycles. The first-order valence-corrected chi connectivity index (χ1v) is 8.15. The van der Waals surface area contributed by atoms with Crippen molar-refractivity contribution in [2.75, 3.05) is 13.6 Å². The number of benzene rings is 1. The average Bonchev–Trinajstić information content (AvgIpc) is 2.42. The number of nitrogens with one attached hydrogen (secondary N) is 1. The van der Waals surface area contributed by atoms with Crippen LogP contribution in [0, 0.1) is 5.92 Å². The van der Waals surface area contributed by atoms with Crippen molar-refractivity contribution in [3.8, 4) is 5.75 Å². The zero-order valence-electron chi connectivity index (χ0n) is 14.1. The van der Waals surface area contributed by atoms with Crippen LogP contribution in [0.3, 0.4) is 0 Å². The minimum atomic E-state index is 0.232. The van der Waals surface area contributed by atoms with Gasteiger partial charge in [-0.05, 0) is 57.9 Å². The Labute approximate surface area is 129 Å². The van der Waals surface area contributed by atoms with E-state index in [0.29, 0.717) is 18.0 Å². The third-order valence-electron chi connectivity index (χ3n) is 4.47. The molecule has 1 aliphatic rings. The Morgan fingerprint density at radius 1 is 1.24 bits per heavy atom. The summed E-state index contributed by atoms with van der Waals surface area (Å²) < 4.78 is 5.68. The Bertz CT molecular complexity index is 429. The van der Waals surface area contributed by atoms with Gasteiger partial charge in [0.2, 0.25) is 0 Å². The lowest BCUT2D eigenvalue weighted by molar-refractivity contribution is 0.121. The number of ether oxygens (including phenoxy) is 1. The first kappa shape index (κ1) is 16.3. The molecule has 2 rings (SSSR count). The molecule has 0 bridgehead atoms. The Morgan fingerprint density at radius 3 is 2.52 bits per heavy atom. The van der Waals surface area contributed by atoms with Gasteiger partial charge >= 0.3 is 0 Å². The summed E-state index contributed by atoms with van der Waals surface area (Å²) in [4.78, 5) is 2.46. The molecule has 1 aromatic carbocycles. The molecule has 3 atom stereocenters. The second-order valence-electron chi connectivity index (χ2n) is 6.80. The maximum Gasteiger partial charge on any atom is 0.119 e. The van der Waals surface area contributed by atoms with Crippen LogP contribution >= 0.6 is 0 Å². The lowest BCUT2D eigenvalue weighted by atomic mass is 9.90. The van der Waals surface area contributed by atoms with Crippen LogP contribution in [0.1, 0.15) is 39.7 Å². The predicted molar refractivity (Wildman–Crippen MR) is 88.7 cm³/mol. The normalized spacial score (nSPS) is 27.0. The molecule has 1 aromatic rings. The van der Waals surface area contributed by atoms with Crippen molar-refractivity contribution in [1.29, 1.82) is 0 Å². The highest BCUT2D eigenvalue weighted by molar-refractivity contribution is 5.27. The van der Waals surface area contributed by atoms with Gasteiger partial charge in [0.15, 0.2) is 0 Å². The lowest BCUT2D eigenvalue weighted by Crippen LogP contribution is -2.50. The van der Waals surface area contributed by atoms with E-state index >= 15 is 0 Å². The first-order chi connectivity index (χ1) is 9.95. The van der Waals surface area contributed by atoms with E-state index in [1.807, 2.05) is 0 Å². The number of nitrogens with zero attached hydrogens (tertiary/aromatic N) is 1. The summed E-state index contributed by atoms with van der Waals surface area (Å²) in [5.41, 5.74) is 1.32. The molecule has 1 N–H and O–H groups in total. The summed E-state index contributed by atoms with van der Waals surface area (Å²) in [6, 6.07) is 9.74. The van der Waals surface area contributed by atoms with Gasteiger partial charge < -0.3 is 15.0 Å². The first-order valence-electron chi connectivity index (χ1n) is 8.15. The smallest absolute Gasteiger partial charge is 0.119 e. The van der Waals surface area contributed by atoms with Crippen LogP contribution in [-0.4, -0.2) is 36.7 Å². The second-order valence-corrected chi connectivity index (χ2v) is 6.80. The van der Waals surface area contributed by atoms with E-state index in [1.54, 1.807) is 0 Å². The van der Waals surface area contributed by atoms with E-state index in [9.17, 15) is 0 Å². The molecule has 1 aliphatic heterocycles. The van der Waals surface area contributed by atoms with Crippen molar-refractivity contribution >= 4 is 0 Å². The highest BCUT2D eigenvalue weighted by Crippen LogP contribution is 2.21. The molecule has 0 aliphatic carbocycles. The third-order valence-corrected chi connectivity index (χ3v) is 4.47. The van der Waals surface area contributed by atoms with Crippen molar-refractivity contribution in [2.45, 2.75) is 58.8 Å². The van der Waals surface area contributed by atoms with Gasteiger partial charge in [0.1, 0.15) is 5.75 Å². The van der Waals surface area contributed by atoms with Gasteiger partial charge in [-0.2, -0.15) is 0 Å². The van der Waals surface area contributed by atoms with Crippen LogP contribution in [-0.2, 0) is 6.54 Å². The molecule has 0 radical (unpaired) electrons. The Balaban J connectivity index is 1.85. The molecular formula is C18H30N2O. The predicted octanol–water partition coefficient (Wildman–Crippen LogP) is 3.29. The van der Waals surface area contributed by atoms with E-state index in [0.717, 1.165) is 12.3 Å². The Morgan fingerprint density at radius 2 is 1.90 bits per heavy atom. The molecule has 1 saturated heterocycles. The molecule has 3 nitrogen and oxygen atoms in total. The van der Waals surface area contributed by atoms with E-state index in [-0.39, 0.29) is 6.10 Å². The molecule has 0 unspecified atom stereocenters. The molecule has 0 aromatic heterocycles. The zero-order chi connectivity index (χ0) is 15.4. The van der Waals surface area contributed by atoms with Gasteiger partial charge in [-0.3, -0.25) is 0 Å². The second kappa shape index (κ2) is 7.28. The third kappa shape index (κ3) is 4.72. The van der Waals surface area contributed by atoms with E-state index < -0.39 is 0 Å². The maximum atomic E-state index is 5.68. The minimum Gasteiger partial charge on any atom is -0.491 e. The van der Waals surface area contributed by atoms with Crippen molar-refractivity contribution in [1.82, 2.24) is 10.2 Å². The monoisotopic (exact) mass is 290 g/mol. The van der Waals surface area contributed by atoms with Crippen molar-refractivity contribution in [3.63, 3.8) is 0 Å². The minimum absolute atomic E-state index is 0.232. The summed E-state index contributed by atoms with van der Waals surface area (Å²) in [6.07, 6.45) is 1.46. The van der Waals surface area contributed by atoms with Crippen LogP contribution in [0.5, 0.6) is 5.75 Å². The van der Waals surface area contributed by atoms with Gasteiger partial charge in [-0.15, -0.1) is 0 Å². The van der Waals surface area contributed by atoms with Crippen molar-refractivity contribution < 1.29 is 4.74 Å². The van der Waals surface area contributed by atoms with Gasteiger partial charge in [0.25, 0.3) is 0 Å². The van der Waals surface area contributed by atoms with Gasteiger partial charge in [-0.1, -0.05) is 19.1 Å². The number of rotatable bonds is 5. The summed E-state index contributed by atoms with van der Waals surface area (Å²) >= 11 is 0. The summed E-state index contributed by atoms with van der Waals surface area (Å²) in [7, 11) is 2.23. The molecule has 1 fully saturated rings. The number of likely N-dealkylation sites (tertiary alicyclic amines) is 1. The topological polar surface area (TPSA) is 24.5 Å². The molecule has 3 heteroatoms. The van der Waals surface area contributed by atoms with Crippen LogP contribution in [0.15, 0.2) is 24.3 Å². The van der Waals surface area contributed by atoms with Crippen LogP contribution < -0.4 is 10.1 Å². The number of hydrogen-bond donors (Lipinski definition) is 1. The fourth-order valence-electron chi connectivity index (χ4n) is 3.03. The largest absolute Gasteiger partial charge is 0.491 e.